The average Bonchev–Trinajstić information content (AvgIpc) is 3.17. The van der Waals surface area contributed by atoms with Gasteiger partial charge in [-0.15, -0.1) is 0 Å². The van der Waals surface area contributed by atoms with Crippen molar-refractivity contribution in [3.05, 3.63) is 82.2 Å². The van der Waals surface area contributed by atoms with Crippen LogP contribution in [-0.4, -0.2) is 14.8 Å². The van der Waals surface area contributed by atoms with Crippen molar-refractivity contribution in [3.8, 4) is 0 Å². The zero-order valence-electron chi connectivity index (χ0n) is 15.4. The fraction of sp³-hybridized carbons (Fsp3) is 0.0435. The number of thiocarbonyl (C=S) groups is 1. The molecule has 0 unspecified atom stereocenters. The van der Waals surface area contributed by atoms with Gasteiger partial charge in [-0.1, -0.05) is 59.8 Å². The van der Waals surface area contributed by atoms with Gasteiger partial charge in [-0.3, -0.25) is 9.69 Å². The van der Waals surface area contributed by atoms with E-state index in [0.717, 1.165) is 16.8 Å². The van der Waals surface area contributed by atoms with Crippen molar-refractivity contribution in [2.75, 3.05) is 4.90 Å². The molecular weight excluding hydrogens is 420 g/mol. The molecule has 2 heterocycles. The Labute approximate surface area is 182 Å². The first kappa shape index (κ1) is 18.4. The van der Waals surface area contributed by atoms with Crippen molar-refractivity contribution in [2.45, 2.75) is 0 Å². The van der Waals surface area contributed by atoms with E-state index in [2.05, 4.69) is 35.9 Å². The van der Waals surface area contributed by atoms with Crippen LogP contribution in [0.1, 0.15) is 5.56 Å². The first-order valence-electron chi connectivity index (χ1n) is 9.03. The number of aryl methyl sites for hydroxylation is 1. The van der Waals surface area contributed by atoms with E-state index in [0.29, 0.717) is 14.2 Å². The zero-order chi connectivity index (χ0) is 20.1. The minimum Gasteiger partial charge on any atom is -0.344 e. The van der Waals surface area contributed by atoms with E-state index >= 15 is 0 Å². The Morgan fingerprint density at radius 2 is 1.69 bits per heavy atom. The van der Waals surface area contributed by atoms with Crippen molar-refractivity contribution >= 4 is 79.4 Å². The number of anilines is 1. The number of hydrogen-bond acceptors (Lipinski definition) is 3. The normalized spacial score (nSPS) is 15.9. The second-order valence-corrected chi connectivity index (χ2v) is 8.96. The molecule has 5 rings (SSSR count). The van der Waals surface area contributed by atoms with Gasteiger partial charge in [0.2, 0.25) is 0 Å². The Morgan fingerprint density at radius 3 is 2.48 bits per heavy atom. The standard InChI is InChI=1S/C23H15ClN2OS2/c1-25-19-5-3-2-4-17(19)18-12-14(6-11-20(18)25)13-21-22(27)26(23(28)29-21)16-9-7-15(24)8-10-16/h2-13H,1H3/b21-13-. The van der Waals surface area contributed by atoms with Crippen molar-refractivity contribution in [1.82, 2.24) is 4.57 Å². The molecule has 1 saturated heterocycles. The second kappa shape index (κ2) is 7.02. The molecule has 0 saturated carbocycles. The summed E-state index contributed by atoms with van der Waals surface area (Å²) in [7, 11) is 2.07. The average molecular weight is 435 g/mol. The molecule has 29 heavy (non-hydrogen) atoms. The lowest BCUT2D eigenvalue weighted by Gasteiger charge is -2.14. The lowest BCUT2D eigenvalue weighted by Crippen LogP contribution is -2.27. The molecule has 1 aliphatic heterocycles. The van der Waals surface area contributed by atoms with Gasteiger partial charge in [0.05, 0.1) is 10.6 Å². The predicted molar refractivity (Wildman–Crippen MR) is 128 cm³/mol. The van der Waals surface area contributed by atoms with E-state index in [-0.39, 0.29) is 5.91 Å². The fourth-order valence-electron chi connectivity index (χ4n) is 3.71. The smallest absolute Gasteiger partial charge is 0.270 e. The molecule has 4 aromatic rings. The highest BCUT2D eigenvalue weighted by atomic mass is 35.5. The molecule has 1 fully saturated rings. The Balaban J connectivity index is 1.56. The van der Waals surface area contributed by atoms with Gasteiger partial charge in [0.1, 0.15) is 0 Å². The third-order valence-corrected chi connectivity index (χ3v) is 6.67. The molecule has 1 aliphatic rings. The SMILES string of the molecule is Cn1c2ccccc2c2cc(/C=C3\SC(=S)N(c4ccc(Cl)cc4)C3=O)ccc21. The Kier molecular flexibility index (Phi) is 4.46. The number of thioether (sulfide) groups is 1. The van der Waals surface area contributed by atoms with Crippen LogP contribution in [0, 0.1) is 0 Å². The number of amides is 1. The topological polar surface area (TPSA) is 25.2 Å². The molecule has 6 heteroatoms. The summed E-state index contributed by atoms with van der Waals surface area (Å²) >= 11 is 12.7. The van der Waals surface area contributed by atoms with Gasteiger partial charge in [0.15, 0.2) is 4.32 Å². The monoisotopic (exact) mass is 434 g/mol. The number of aromatic nitrogens is 1. The maximum absolute atomic E-state index is 13.0. The molecule has 1 amide bonds. The molecule has 0 atom stereocenters. The number of carbonyl (C=O) groups is 1. The lowest BCUT2D eigenvalue weighted by molar-refractivity contribution is -0.113. The van der Waals surface area contributed by atoms with Gasteiger partial charge in [-0.2, -0.15) is 0 Å². The van der Waals surface area contributed by atoms with Crippen LogP contribution in [-0.2, 0) is 11.8 Å². The molecule has 0 aliphatic carbocycles. The molecule has 3 nitrogen and oxygen atoms in total. The maximum atomic E-state index is 13.0. The van der Waals surface area contributed by atoms with E-state index in [4.69, 9.17) is 23.8 Å². The van der Waals surface area contributed by atoms with Gasteiger partial charge in [-0.05, 0) is 54.1 Å². The van der Waals surface area contributed by atoms with Crippen LogP contribution in [0.2, 0.25) is 5.02 Å². The summed E-state index contributed by atoms with van der Waals surface area (Å²) in [5.74, 6) is -0.111. The first-order valence-corrected chi connectivity index (χ1v) is 10.6. The summed E-state index contributed by atoms with van der Waals surface area (Å²) in [6.07, 6.45) is 1.91. The molecular formula is C23H15ClN2OS2. The van der Waals surface area contributed by atoms with E-state index in [1.807, 2.05) is 24.3 Å². The summed E-state index contributed by atoms with van der Waals surface area (Å²) in [4.78, 5) is 15.2. The fourth-order valence-corrected chi connectivity index (χ4v) is 5.13. The Hall–Kier alpha value is -2.60. The maximum Gasteiger partial charge on any atom is 0.270 e. The first-order chi connectivity index (χ1) is 14.0. The number of fused-ring (bicyclic) bond motifs is 3. The quantitative estimate of drug-likeness (QED) is 0.270. The third-order valence-electron chi connectivity index (χ3n) is 5.11. The minimum atomic E-state index is -0.111. The number of hydrogen-bond donors (Lipinski definition) is 0. The molecule has 0 radical (unpaired) electrons. The highest BCUT2D eigenvalue weighted by Crippen LogP contribution is 2.37. The number of nitrogens with zero attached hydrogens (tertiary/aromatic N) is 2. The van der Waals surface area contributed by atoms with Gasteiger partial charge < -0.3 is 4.57 Å². The largest absolute Gasteiger partial charge is 0.344 e. The third kappa shape index (κ3) is 3.06. The highest BCUT2D eigenvalue weighted by Gasteiger charge is 2.33. The number of benzene rings is 3. The molecule has 0 bridgehead atoms. The lowest BCUT2D eigenvalue weighted by atomic mass is 10.1. The van der Waals surface area contributed by atoms with Gasteiger partial charge in [-0.25, -0.2) is 0 Å². The molecule has 0 spiro atoms. The van der Waals surface area contributed by atoms with Crippen LogP contribution in [0.3, 0.4) is 0 Å². The van der Waals surface area contributed by atoms with Crippen LogP contribution in [0.15, 0.2) is 71.6 Å². The van der Waals surface area contributed by atoms with Crippen LogP contribution in [0.5, 0.6) is 0 Å². The summed E-state index contributed by atoms with van der Waals surface area (Å²) in [5.41, 5.74) is 4.06. The van der Waals surface area contributed by atoms with Gasteiger partial charge in [0.25, 0.3) is 5.91 Å². The highest BCUT2D eigenvalue weighted by molar-refractivity contribution is 8.27. The summed E-state index contributed by atoms with van der Waals surface area (Å²) in [6, 6.07) is 21.7. The van der Waals surface area contributed by atoms with Crippen LogP contribution >= 0.6 is 35.6 Å². The molecule has 142 valence electrons. The summed E-state index contributed by atoms with van der Waals surface area (Å²) < 4.78 is 2.71. The Bertz CT molecular complexity index is 1340. The van der Waals surface area contributed by atoms with E-state index in [9.17, 15) is 4.79 Å². The van der Waals surface area contributed by atoms with Crippen molar-refractivity contribution < 1.29 is 4.79 Å². The Morgan fingerprint density at radius 1 is 0.966 bits per heavy atom. The summed E-state index contributed by atoms with van der Waals surface area (Å²) in [6.45, 7) is 0. The molecule has 3 aromatic carbocycles. The molecule has 1 aromatic heterocycles. The van der Waals surface area contributed by atoms with Gasteiger partial charge in [0, 0.05) is 33.9 Å². The number of rotatable bonds is 2. The summed E-state index contributed by atoms with van der Waals surface area (Å²) in [5, 5.41) is 3.00. The predicted octanol–water partition coefficient (Wildman–Crippen LogP) is 6.39. The number of carbonyl (C=O) groups excluding carboxylic acids is 1. The van der Waals surface area contributed by atoms with E-state index in [1.165, 1.54) is 28.1 Å². The van der Waals surface area contributed by atoms with Crippen molar-refractivity contribution in [1.29, 1.82) is 0 Å². The number of halogens is 1. The van der Waals surface area contributed by atoms with Crippen LogP contribution in [0.4, 0.5) is 5.69 Å². The zero-order valence-corrected chi connectivity index (χ0v) is 17.8. The second-order valence-electron chi connectivity index (χ2n) is 6.85. The van der Waals surface area contributed by atoms with Crippen LogP contribution in [0.25, 0.3) is 27.9 Å². The minimum absolute atomic E-state index is 0.111. The number of para-hydroxylation sites is 1. The van der Waals surface area contributed by atoms with Crippen molar-refractivity contribution in [3.63, 3.8) is 0 Å². The van der Waals surface area contributed by atoms with Crippen molar-refractivity contribution in [2.24, 2.45) is 7.05 Å². The van der Waals surface area contributed by atoms with E-state index < -0.39 is 0 Å². The van der Waals surface area contributed by atoms with E-state index in [1.54, 1.807) is 29.2 Å². The van der Waals surface area contributed by atoms with Crippen LogP contribution < -0.4 is 4.90 Å². The molecule has 0 N–H and O–H groups in total. The van der Waals surface area contributed by atoms with Gasteiger partial charge >= 0.3 is 0 Å².